The lowest BCUT2D eigenvalue weighted by Crippen LogP contribution is -2.33. The molecule has 22 heavy (non-hydrogen) atoms. The zero-order valence-corrected chi connectivity index (χ0v) is 12.2. The Morgan fingerprint density at radius 1 is 1.23 bits per heavy atom. The molecule has 0 saturated carbocycles. The third-order valence-electron chi connectivity index (χ3n) is 4.04. The van der Waals surface area contributed by atoms with Gasteiger partial charge in [0.05, 0.1) is 6.42 Å². The molecule has 0 radical (unpaired) electrons. The van der Waals surface area contributed by atoms with Gasteiger partial charge in [-0.1, -0.05) is 12.1 Å². The predicted octanol–water partition coefficient (Wildman–Crippen LogP) is 2.61. The number of carbonyl (C=O) groups excluding carboxylic acids is 1. The van der Waals surface area contributed by atoms with Crippen LogP contribution in [0.3, 0.4) is 0 Å². The zero-order valence-electron chi connectivity index (χ0n) is 12.2. The third kappa shape index (κ3) is 4.26. The van der Waals surface area contributed by atoms with Gasteiger partial charge in [0.15, 0.2) is 11.6 Å². The van der Waals surface area contributed by atoms with Crippen LogP contribution in [0.1, 0.15) is 31.2 Å². The minimum absolute atomic E-state index is 0.0522. The maximum Gasteiger partial charge on any atom is 0.303 e. The number of hydrogen-bond donors (Lipinski definition) is 1. The van der Waals surface area contributed by atoms with Crippen LogP contribution in [0.5, 0.6) is 0 Å². The number of aliphatic carboxylic acids is 1. The molecule has 0 bridgehead atoms. The van der Waals surface area contributed by atoms with E-state index in [0.717, 1.165) is 18.9 Å². The highest BCUT2D eigenvalue weighted by molar-refractivity contribution is 5.78. The minimum Gasteiger partial charge on any atom is -0.481 e. The summed E-state index contributed by atoms with van der Waals surface area (Å²) in [7, 11) is 0. The van der Waals surface area contributed by atoms with Gasteiger partial charge in [0.1, 0.15) is 0 Å². The number of carboxylic acid groups (broad SMARTS) is 1. The van der Waals surface area contributed by atoms with Crippen LogP contribution < -0.4 is 0 Å². The van der Waals surface area contributed by atoms with Gasteiger partial charge in [-0.2, -0.15) is 0 Å². The molecule has 1 aliphatic heterocycles. The number of amides is 1. The van der Waals surface area contributed by atoms with Gasteiger partial charge >= 0.3 is 5.97 Å². The topological polar surface area (TPSA) is 57.6 Å². The van der Waals surface area contributed by atoms with E-state index in [9.17, 15) is 18.4 Å². The fourth-order valence-corrected chi connectivity index (χ4v) is 2.83. The average Bonchev–Trinajstić information content (AvgIpc) is 2.69. The number of rotatable bonds is 4. The SMILES string of the molecule is O=C(O)CC1CCCN(C(=O)Cc2cccc(F)c2F)CC1. The second-order valence-electron chi connectivity index (χ2n) is 5.67. The van der Waals surface area contributed by atoms with E-state index in [-0.39, 0.29) is 30.2 Å². The van der Waals surface area contributed by atoms with Crippen LogP contribution in [0.25, 0.3) is 0 Å². The zero-order chi connectivity index (χ0) is 16.1. The van der Waals surface area contributed by atoms with E-state index in [0.29, 0.717) is 19.5 Å². The van der Waals surface area contributed by atoms with Crippen LogP contribution in [-0.2, 0) is 16.0 Å². The first-order valence-corrected chi connectivity index (χ1v) is 7.40. The van der Waals surface area contributed by atoms with Crippen LogP contribution in [-0.4, -0.2) is 35.0 Å². The van der Waals surface area contributed by atoms with Crippen molar-refractivity contribution >= 4 is 11.9 Å². The van der Waals surface area contributed by atoms with Crippen LogP contribution in [0.15, 0.2) is 18.2 Å². The van der Waals surface area contributed by atoms with Crippen molar-refractivity contribution < 1.29 is 23.5 Å². The lowest BCUT2D eigenvalue weighted by atomic mass is 9.97. The smallest absolute Gasteiger partial charge is 0.303 e. The van der Waals surface area contributed by atoms with Crippen LogP contribution in [0.2, 0.25) is 0 Å². The number of nitrogens with zero attached hydrogens (tertiary/aromatic N) is 1. The molecule has 1 saturated heterocycles. The molecular weight excluding hydrogens is 292 g/mol. The number of hydrogen-bond acceptors (Lipinski definition) is 2. The number of carboxylic acids is 1. The second-order valence-corrected chi connectivity index (χ2v) is 5.67. The molecule has 0 aromatic heterocycles. The Labute approximate surface area is 127 Å². The Morgan fingerprint density at radius 2 is 2.00 bits per heavy atom. The first-order valence-electron chi connectivity index (χ1n) is 7.40. The third-order valence-corrected chi connectivity index (χ3v) is 4.04. The highest BCUT2D eigenvalue weighted by atomic mass is 19.2. The van der Waals surface area contributed by atoms with Crippen molar-refractivity contribution in [1.82, 2.24) is 4.90 Å². The standard InChI is InChI=1S/C16H19F2NO3/c17-13-5-1-4-12(16(13)18)10-14(20)19-7-2-3-11(6-8-19)9-15(21)22/h1,4-5,11H,2-3,6-10H2,(H,21,22). The van der Waals surface area contributed by atoms with E-state index in [4.69, 9.17) is 5.11 Å². The molecule has 1 aliphatic rings. The normalized spacial score (nSPS) is 18.8. The van der Waals surface area contributed by atoms with E-state index < -0.39 is 17.6 Å². The summed E-state index contributed by atoms with van der Waals surface area (Å²) in [4.78, 5) is 24.6. The summed E-state index contributed by atoms with van der Waals surface area (Å²) < 4.78 is 26.8. The van der Waals surface area contributed by atoms with E-state index in [1.165, 1.54) is 12.1 Å². The van der Waals surface area contributed by atoms with Gasteiger partial charge in [-0.25, -0.2) is 8.78 Å². The van der Waals surface area contributed by atoms with Crippen molar-refractivity contribution in [2.45, 2.75) is 32.1 Å². The average molecular weight is 311 g/mol. The van der Waals surface area contributed by atoms with Crippen LogP contribution >= 0.6 is 0 Å². The summed E-state index contributed by atoms with van der Waals surface area (Å²) >= 11 is 0. The monoisotopic (exact) mass is 311 g/mol. The number of halogens is 2. The molecule has 1 heterocycles. The van der Waals surface area contributed by atoms with Gasteiger partial charge in [-0.05, 0) is 31.2 Å². The molecule has 1 aromatic rings. The Morgan fingerprint density at radius 3 is 2.73 bits per heavy atom. The summed E-state index contributed by atoms with van der Waals surface area (Å²) in [5, 5.41) is 8.83. The Bertz CT molecular complexity index is 562. The van der Waals surface area contributed by atoms with E-state index in [1.807, 2.05) is 0 Å². The molecule has 1 unspecified atom stereocenters. The number of carbonyl (C=O) groups is 2. The summed E-state index contributed by atoms with van der Waals surface area (Å²) in [5.41, 5.74) is 0.0522. The Kier molecular flexibility index (Phi) is 5.46. The number of benzene rings is 1. The highest BCUT2D eigenvalue weighted by Gasteiger charge is 2.23. The van der Waals surface area contributed by atoms with Crippen molar-refractivity contribution in [3.8, 4) is 0 Å². The fraction of sp³-hybridized carbons (Fsp3) is 0.500. The number of likely N-dealkylation sites (tertiary alicyclic amines) is 1. The largest absolute Gasteiger partial charge is 0.481 e. The summed E-state index contributed by atoms with van der Waals surface area (Å²) in [6.45, 7) is 1.000. The minimum atomic E-state index is -0.977. The Hall–Kier alpha value is -1.98. The van der Waals surface area contributed by atoms with Crippen LogP contribution in [0, 0.1) is 17.6 Å². The molecule has 0 aliphatic carbocycles. The van der Waals surface area contributed by atoms with Gasteiger partial charge in [-0.15, -0.1) is 0 Å². The lowest BCUT2D eigenvalue weighted by Gasteiger charge is -2.20. The first kappa shape index (κ1) is 16.4. The molecule has 4 nitrogen and oxygen atoms in total. The summed E-state index contributed by atoms with van der Waals surface area (Å²) in [6, 6.07) is 3.81. The molecule has 1 fully saturated rings. The van der Waals surface area contributed by atoms with E-state index in [1.54, 1.807) is 4.90 Å². The molecule has 6 heteroatoms. The van der Waals surface area contributed by atoms with Crippen LogP contribution in [0.4, 0.5) is 8.78 Å². The Balaban J connectivity index is 1.95. The maximum absolute atomic E-state index is 13.6. The van der Waals surface area contributed by atoms with Gasteiger partial charge in [-0.3, -0.25) is 9.59 Å². The highest BCUT2D eigenvalue weighted by Crippen LogP contribution is 2.21. The second kappa shape index (κ2) is 7.33. The van der Waals surface area contributed by atoms with Gasteiger partial charge in [0, 0.05) is 25.1 Å². The first-order chi connectivity index (χ1) is 10.5. The molecule has 1 N–H and O–H groups in total. The van der Waals surface area contributed by atoms with E-state index >= 15 is 0 Å². The maximum atomic E-state index is 13.6. The van der Waals surface area contributed by atoms with E-state index in [2.05, 4.69) is 0 Å². The van der Waals surface area contributed by atoms with Crippen molar-refractivity contribution in [1.29, 1.82) is 0 Å². The van der Waals surface area contributed by atoms with Crippen molar-refractivity contribution in [3.05, 3.63) is 35.4 Å². The fourth-order valence-electron chi connectivity index (χ4n) is 2.83. The molecule has 1 aromatic carbocycles. The van der Waals surface area contributed by atoms with Crippen molar-refractivity contribution in [3.63, 3.8) is 0 Å². The lowest BCUT2D eigenvalue weighted by molar-refractivity contribution is -0.138. The van der Waals surface area contributed by atoms with Crippen molar-refractivity contribution in [2.24, 2.45) is 5.92 Å². The van der Waals surface area contributed by atoms with Gasteiger partial charge in [0.2, 0.25) is 5.91 Å². The van der Waals surface area contributed by atoms with Crippen molar-refractivity contribution in [2.75, 3.05) is 13.1 Å². The predicted molar refractivity (Wildman–Crippen MR) is 76.2 cm³/mol. The summed E-state index contributed by atoms with van der Waals surface area (Å²) in [6.07, 6.45) is 2.07. The van der Waals surface area contributed by atoms with Gasteiger partial charge in [0.25, 0.3) is 0 Å². The molecule has 120 valence electrons. The molecular formula is C16H19F2NO3. The van der Waals surface area contributed by atoms with Gasteiger partial charge < -0.3 is 10.0 Å². The molecule has 1 amide bonds. The molecule has 0 spiro atoms. The summed E-state index contributed by atoms with van der Waals surface area (Å²) in [5.74, 6) is -2.94. The molecule has 1 atom stereocenters. The molecule has 2 rings (SSSR count). The quantitative estimate of drug-likeness (QED) is 0.930.